The Hall–Kier alpha value is -1.59. The van der Waals surface area contributed by atoms with E-state index in [1.807, 2.05) is 10.3 Å². The molecule has 2 rings (SSSR count). The van der Waals surface area contributed by atoms with Crippen molar-refractivity contribution < 1.29 is 9.90 Å². The van der Waals surface area contributed by atoms with Crippen LogP contribution in [-0.4, -0.2) is 28.6 Å². The summed E-state index contributed by atoms with van der Waals surface area (Å²) in [6, 6.07) is 8.71. The largest absolute Gasteiger partial charge is 0.481 e. The number of aliphatic carboxylic acids is 1. The van der Waals surface area contributed by atoms with Gasteiger partial charge in [0, 0.05) is 23.5 Å². The van der Waals surface area contributed by atoms with Crippen LogP contribution in [0.3, 0.4) is 0 Å². The lowest BCUT2D eigenvalue weighted by atomic mass is 10.0. The van der Waals surface area contributed by atoms with Gasteiger partial charge in [0.2, 0.25) is 0 Å². The van der Waals surface area contributed by atoms with Crippen molar-refractivity contribution in [2.45, 2.75) is 46.1 Å². The molecule has 0 aliphatic carbocycles. The van der Waals surface area contributed by atoms with E-state index in [1.54, 1.807) is 11.3 Å². The summed E-state index contributed by atoms with van der Waals surface area (Å²) in [6.07, 6.45) is 0.121. The number of rotatable bonds is 7. The molecule has 1 aromatic heterocycles. The highest BCUT2D eigenvalue weighted by Crippen LogP contribution is 2.29. The Morgan fingerprint density at radius 3 is 2.33 bits per heavy atom. The van der Waals surface area contributed by atoms with Crippen LogP contribution in [0.1, 0.15) is 45.6 Å². The minimum Gasteiger partial charge on any atom is -0.481 e. The van der Waals surface area contributed by atoms with Gasteiger partial charge in [0.15, 0.2) is 5.13 Å². The summed E-state index contributed by atoms with van der Waals surface area (Å²) in [5, 5.41) is 11.8. The lowest BCUT2D eigenvalue weighted by Crippen LogP contribution is -2.32. The zero-order chi connectivity index (χ0) is 17.0. The number of halogens is 1. The quantitative estimate of drug-likeness (QED) is 0.743. The number of anilines is 1. The molecule has 0 saturated carbocycles. The van der Waals surface area contributed by atoms with Gasteiger partial charge in [0.1, 0.15) is 0 Å². The van der Waals surface area contributed by atoms with Crippen molar-refractivity contribution in [1.29, 1.82) is 0 Å². The van der Waals surface area contributed by atoms with Crippen LogP contribution in [0.2, 0.25) is 0 Å². The second kappa shape index (κ2) is 9.04. The summed E-state index contributed by atoms with van der Waals surface area (Å²) in [5.41, 5.74) is 3.36. The molecule has 24 heavy (non-hydrogen) atoms. The van der Waals surface area contributed by atoms with Gasteiger partial charge in [0.05, 0.1) is 12.1 Å². The Morgan fingerprint density at radius 1 is 1.21 bits per heavy atom. The molecule has 4 nitrogen and oxygen atoms in total. The first-order valence-corrected chi connectivity index (χ1v) is 8.80. The third-order valence-electron chi connectivity index (χ3n) is 3.80. The SMILES string of the molecule is CC(C)c1ccc(-c2csc(N(CCC(=O)O)C(C)C)n2)cc1.Cl. The maximum Gasteiger partial charge on any atom is 0.305 e. The fourth-order valence-corrected chi connectivity index (χ4v) is 3.35. The molecule has 0 saturated heterocycles. The Morgan fingerprint density at radius 2 is 1.83 bits per heavy atom. The first-order valence-electron chi connectivity index (χ1n) is 7.92. The topological polar surface area (TPSA) is 53.4 Å². The Labute approximate surface area is 154 Å². The number of aromatic nitrogens is 1. The van der Waals surface area contributed by atoms with Gasteiger partial charge < -0.3 is 10.0 Å². The van der Waals surface area contributed by atoms with Crippen LogP contribution in [0.4, 0.5) is 5.13 Å². The summed E-state index contributed by atoms with van der Waals surface area (Å²) in [4.78, 5) is 17.6. The molecule has 6 heteroatoms. The monoisotopic (exact) mass is 368 g/mol. The molecular formula is C18H25ClN2O2S. The molecule has 0 bridgehead atoms. The summed E-state index contributed by atoms with van der Waals surface area (Å²) in [6.45, 7) is 8.95. The maximum absolute atomic E-state index is 10.8. The number of carboxylic acid groups (broad SMARTS) is 1. The molecular weight excluding hydrogens is 344 g/mol. The van der Waals surface area contributed by atoms with Gasteiger partial charge in [-0.25, -0.2) is 4.98 Å². The van der Waals surface area contributed by atoms with Crippen LogP contribution < -0.4 is 4.90 Å². The zero-order valence-electron chi connectivity index (χ0n) is 14.5. The number of hydrogen-bond donors (Lipinski definition) is 1. The summed E-state index contributed by atoms with van der Waals surface area (Å²) >= 11 is 1.56. The van der Waals surface area contributed by atoms with E-state index >= 15 is 0 Å². The molecule has 132 valence electrons. The fraction of sp³-hybridized carbons (Fsp3) is 0.444. The molecule has 1 heterocycles. The van der Waals surface area contributed by atoms with Gasteiger partial charge in [-0.2, -0.15) is 0 Å². The van der Waals surface area contributed by atoms with Crippen LogP contribution in [0, 0.1) is 0 Å². The van der Waals surface area contributed by atoms with E-state index in [0.717, 1.165) is 16.4 Å². The van der Waals surface area contributed by atoms with Crippen LogP contribution in [-0.2, 0) is 4.79 Å². The average Bonchev–Trinajstić information content (AvgIpc) is 2.96. The number of hydrogen-bond acceptors (Lipinski definition) is 4. The number of benzene rings is 1. The zero-order valence-corrected chi connectivity index (χ0v) is 16.2. The van der Waals surface area contributed by atoms with E-state index in [9.17, 15) is 4.79 Å². The highest BCUT2D eigenvalue weighted by atomic mass is 35.5. The van der Waals surface area contributed by atoms with Crippen LogP contribution in [0.25, 0.3) is 11.3 Å². The Kier molecular flexibility index (Phi) is 7.70. The van der Waals surface area contributed by atoms with Gasteiger partial charge in [-0.05, 0) is 25.3 Å². The van der Waals surface area contributed by atoms with E-state index in [4.69, 9.17) is 10.1 Å². The highest BCUT2D eigenvalue weighted by molar-refractivity contribution is 7.14. The van der Waals surface area contributed by atoms with Gasteiger partial charge in [-0.15, -0.1) is 23.7 Å². The first kappa shape index (κ1) is 20.5. The third-order valence-corrected chi connectivity index (χ3v) is 4.68. The van der Waals surface area contributed by atoms with Crippen molar-refractivity contribution in [1.82, 2.24) is 4.98 Å². The minimum atomic E-state index is -0.781. The average molecular weight is 369 g/mol. The molecule has 0 amide bonds. The standard InChI is InChI=1S/C18H24N2O2S.ClH/c1-12(2)14-5-7-15(8-6-14)16-11-23-18(19-16)20(13(3)4)10-9-17(21)22;/h5-8,11-13H,9-10H2,1-4H3,(H,21,22);1H. The van der Waals surface area contributed by atoms with Crippen LogP contribution in [0.5, 0.6) is 0 Å². The van der Waals surface area contributed by atoms with E-state index in [-0.39, 0.29) is 24.9 Å². The van der Waals surface area contributed by atoms with Crippen molar-refractivity contribution in [2.24, 2.45) is 0 Å². The van der Waals surface area contributed by atoms with E-state index in [2.05, 4.69) is 52.0 Å². The summed E-state index contributed by atoms with van der Waals surface area (Å²) in [5.74, 6) is -0.265. The molecule has 0 aliphatic rings. The Bertz CT molecular complexity index is 653. The van der Waals surface area contributed by atoms with Crippen molar-refractivity contribution in [3.63, 3.8) is 0 Å². The van der Waals surface area contributed by atoms with Gasteiger partial charge in [-0.1, -0.05) is 38.1 Å². The molecule has 0 unspecified atom stereocenters. The number of carboxylic acids is 1. The van der Waals surface area contributed by atoms with Crippen molar-refractivity contribution >= 4 is 34.8 Å². The van der Waals surface area contributed by atoms with Crippen molar-refractivity contribution in [3.8, 4) is 11.3 Å². The number of carbonyl (C=O) groups is 1. The smallest absolute Gasteiger partial charge is 0.305 e. The molecule has 0 spiro atoms. The van der Waals surface area contributed by atoms with Crippen LogP contribution >= 0.6 is 23.7 Å². The van der Waals surface area contributed by atoms with E-state index in [1.165, 1.54) is 5.56 Å². The predicted octanol–water partition coefficient (Wildman–Crippen LogP) is 5.04. The number of nitrogens with zero attached hydrogens (tertiary/aromatic N) is 2. The highest BCUT2D eigenvalue weighted by Gasteiger charge is 2.16. The molecule has 1 N–H and O–H groups in total. The summed E-state index contributed by atoms with van der Waals surface area (Å²) < 4.78 is 0. The lowest BCUT2D eigenvalue weighted by molar-refractivity contribution is -0.136. The van der Waals surface area contributed by atoms with Crippen LogP contribution in [0.15, 0.2) is 29.6 Å². The second-order valence-corrected chi connectivity index (χ2v) is 7.06. The normalized spacial score (nSPS) is 10.8. The predicted molar refractivity (Wildman–Crippen MR) is 104 cm³/mol. The lowest BCUT2D eigenvalue weighted by Gasteiger charge is -2.25. The first-order chi connectivity index (χ1) is 10.9. The molecule has 1 aromatic carbocycles. The molecule has 0 radical (unpaired) electrons. The van der Waals surface area contributed by atoms with Gasteiger partial charge >= 0.3 is 5.97 Å². The van der Waals surface area contributed by atoms with E-state index in [0.29, 0.717) is 12.5 Å². The molecule has 2 aromatic rings. The van der Waals surface area contributed by atoms with Gasteiger partial charge in [0.25, 0.3) is 0 Å². The van der Waals surface area contributed by atoms with Crippen molar-refractivity contribution in [3.05, 3.63) is 35.2 Å². The summed E-state index contributed by atoms with van der Waals surface area (Å²) in [7, 11) is 0. The van der Waals surface area contributed by atoms with E-state index < -0.39 is 5.97 Å². The maximum atomic E-state index is 10.8. The fourth-order valence-electron chi connectivity index (χ4n) is 2.36. The molecule has 0 aliphatic heterocycles. The molecule has 0 atom stereocenters. The minimum absolute atomic E-state index is 0. The van der Waals surface area contributed by atoms with Crippen molar-refractivity contribution in [2.75, 3.05) is 11.4 Å². The third kappa shape index (κ3) is 5.21. The number of thiazole rings is 1. The Balaban J connectivity index is 0.00000288. The van der Waals surface area contributed by atoms with Gasteiger partial charge in [-0.3, -0.25) is 4.79 Å². The molecule has 0 fully saturated rings. The second-order valence-electron chi connectivity index (χ2n) is 6.22.